The van der Waals surface area contributed by atoms with E-state index >= 15 is 0 Å². The molecule has 0 radical (unpaired) electrons. The summed E-state index contributed by atoms with van der Waals surface area (Å²) in [4.78, 5) is 7.97. The fourth-order valence-electron chi connectivity index (χ4n) is 4.34. The number of hydrogen-bond acceptors (Lipinski definition) is 2. The lowest BCUT2D eigenvalue weighted by atomic mass is 10.1. The number of allylic oxidation sites excluding steroid dienone is 1. The molecule has 33 heavy (non-hydrogen) atoms. The minimum Gasteiger partial charge on any atom is -0.340 e. The van der Waals surface area contributed by atoms with Crippen LogP contribution < -0.4 is 0 Å². The predicted molar refractivity (Wildman–Crippen MR) is 131 cm³/mol. The molecule has 0 saturated carbocycles. The molecule has 2 heterocycles. The molecular weight excluding hydrogens is 411 g/mol. The summed E-state index contributed by atoms with van der Waals surface area (Å²) in [5.41, 5.74) is 8.07. The van der Waals surface area contributed by atoms with Gasteiger partial charge in [0.25, 0.3) is 0 Å². The third-order valence-electron chi connectivity index (χ3n) is 6.33. The Labute approximate surface area is 191 Å². The highest BCUT2D eigenvalue weighted by molar-refractivity contribution is 5.99. The van der Waals surface area contributed by atoms with Crippen LogP contribution in [0.4, 0.5) is 4.39 Å². The molecule has 5 heteroatoms. The number of aromatic amines is 1. The van der Waals surface area contributed by atoms with Crippen LogP contribution in [-0.2, 0) is 6.54 Å². The zero-order valence-electron chi connectivity index (χ0n) is 18.8. The molecule has 0 bridgehead atoms. The van der Waals surface area contributed by atoms with E-state index in [1.807, 2.05) is 49.4 Å². The van der Waals surface area contributed by atoms with E-state index in [4.69, 9.17) is 0 Å². The van der Waals surface area contributed by atoms with Crippen molar-refractivity contribution in [2.45, 2.75) is 27.3 Å². The van der Waals surface area contributed by atoms with E-state index in [1.54, 1.807) is 12.1 Å². The first-order valence-corrected chi connectivity index (χ1v) is 10.9. The van der Waals surface area contributed by atoms with Gasteiger partial charge in [-0.25, -0.2) is 9.37 Å². The Morgan fingerprint density at radius 2 is 1.79 bits per heavy atom. The molecule has 0 spiro atoms. The average Bonchev–Trinajstić information content (AvgIpc) is 3.32. The lowest BCUT2D eigenvalue weighted by Crippen LogP contribution is -2.03. The molecule has 0 saturated heterocycles. The maximum atomic E-state index is 14.4. The SMILES string of the molecule is Cc1cc2nc(C(C#N)=Cc3c(C)n(Cc4ccccc4F)c4ccccc34)[nH]c2cc1C. The number of para-hydroxylation sites is 1. The molecule has 4 nitrogen and oxygen atoms in total. The van der Waals surface area contributed by atoms with E-state index in [0.717, 1.165) is 38.8 Å². The number of hydrogen-bond donors (Lipinski definition) is 1. The van der Waals surface area contributed by atoms with E-state index in [9.17, 15) is 9.65 Å². The van der Waals surface area contributed by atoms with Crippen LogP contribution in [0.5, 0.6) is 0 Å². The van der Waals surface area contributed by atoms with Crippen molar-refractivity contribution < 1.29 is 4.39 Å². The summed E-state index contributed by atoms with van der Waals surface area (Å²) in [5.74, 6) is 0.320. The minimum absolute atomic E-state index is 0.225. The van der Waals surface area contributed by atoms with Gasteiger partial charge in [0.05, 0.1) is 23.2 Å². The van der Waals surface area contributed by atoms with Gasteiger partial charge in [0.15, 0.2) is 0 Å². The number of nitrogens with one attached hydrogen (secondary N) is 1. The number of rotatable bonds is 4. The van der Waals surface area contributed by atoms with E-state index < -0.39 is 0 Å². The monoisotopic (exact) mass is 434 g/mol. The number of fused-ring (bicyclic) bond motifs is 2. The van der Waals surface area contributed by atoms with Crippen LogP contribution in [0.1, 0.15) is 33.8 Å². The van der Waals surface area contributed by atoms with Crippen LogP contribution in [0.2, 0.25) is 0 Å². The summed E-state index contributed by atoms with van der Waals surface area (Å²) in [6.07, 6.45) is 1.88. The first-order valence-electron chi connectivity index (χ1n) is 10.9. The van der Waals surface area contributed by atoms with Gasteiger partial charge in [-0.15, -0.1) is 0 Å². The molecule has 162 valence electrons. The number of nitriles is 1. The Bertz CT molecular complexity index is 1560. The van der Waals surface area contributed by atoms with Gasteiger partial charge in [-0.3, -0.25) is 0 Å². The topological polar surface area (TPSA) is 57.4 Å². The molecule has 1 N–H and O–H groups in total. The molecule has 0 aliphatic carbocycles. The van der Waals surface area contributed by atoms with Crippen LogP contribution in [-0.4, -0.2) is 14.5 Å². The average molecular weight is 435 g/mol. The number of imidazole rings is 1. The van der Waals surface area contributed by atoms with E-state index in [1.165, 1.54) is 11.6 Å². The predicted octanol–water partition coefficient (Wildman–Crippen LogP) is 6.69. The normalized spacial score (nSPS) is 11.9. The summed E-state index contributed by atoms with van der Waals surface area (Å²) >= 11 is 0. The Hall–Kier alpha value is -4.17. The molecule has 0 aliphatic rings. The number of halogens is 1. The third kappa shape index (κ3) is 3.60. The highest BCUT2D eigenvalue weighted by atomic mass is 19.1. The highest BCUT2D eigenvalue weighted by Crippen LogP contribution is 2.31. The molecular formula is C28H23FN4. The molecule has 0 amide bonds. The van der Waals surface area contributed by atoms with Crippen LogP contribution in [0, 0.1) is 37.9 Å². The van der Waals surface area contributed by atoms with Crippen molar-refractivity contribution >= 4 is 33.6 Å². The molecule has 0 atom stereocenters. The highest BCUT2D eigenvalue weighted by Gasteiger charge is 2.16. The molecule has 0 fully saturated rings. The van der Waals surface area contributed by atoms with Gasteiger partial charge in [0.2, 0.25) is 0 Å². The number of H-pyrrole nitrogens is 1. The second kappa shape index (κ2) is 8.07. The molecule has 0 aliphatic heterocycles. The maximum absolute atomic E-state index is 14.4. The number of benzene rings is 3. The van der Waals surface area contributed by atoms with Gasteiger partial charge in [0.1, 0.15) is 17.7 Å². The van der Waals surface area contributed by atoms with Crippen molar-refractivity contribution in [2.75, 3.05) is 0 Å². The summed E-state index contributed by atoms with van der Waals surface area (Å²) in [5, 5.41) is 11.0. The largest absolute Gasteiger partial charge is 0.340 e. The molecule has 0 unspecified atom stereocenters. The fourth-order valence-corrected chi connectivity index (χ4v) is 4.34. The fraction of sp³-hybridized carbons (Fsp3) is 0.143. The maximum Gasteiger partial charge on any atom is 0.149 e. The molecule has 2 aromatic heterocycles. The first kappa shape index (κ1) is 20.7. The zero-order chi connectivity index (χ0) is 23.1. The van der Waals surface area contributed by atoms with Gasteiger partial charge in [-0.1, -0.05) is 36.4 Å². The Kier molecular flexibility index (Phi) is 5.07. The van der Waals surface area contributed by atoms with Gasteiger partial charge >= 0.3 is 0 Å². The zero-order valence-corrected chi connectivity index (χ0v) is 18.8. The quantitative estimate of drug-likeness (QED) is 0.320. The standard InChI is InChI=1S/C28H23FN4/c1-17-12-25-26(13-18(17)2)32-28(31-25)21(15-30)14-23-19(3)33(27-11-7-5-9-22(23)27)16-20-8-4-6-10-24(20)29/h4-14H,16H2,1-3H3,(H,31,32). The van der Waals surface area contributed by atoms with Gasteiger partial charge < -0.3 is 9.55 Å². The molecule has 5 rings (SSSR count). The van der Waals surface area contributed by atoms with E-state index in [0.29, 0.717) is 23.5 Å². The van der Waals surface area contributed by atoms with E-state index in [2.05, 4.69) is 40.5 Å². The van der Waals surface area contributed by atoms with Crippen molar-refractivity contribution in [1.29, 1.82) is 5.26 Å². The smallest absolute Gasteiger partial charge is 0.149 e. The lowest BCUT2D eigenvalue weighted by molar-refractivity contribution is 0.600. The molecule has 5 aromatic rings. The lowest BCUT2D eigenvalue weighted by Gasteiger charge is -2.09. The van der Waals surface area contributed by atoms with Crippen molar-refractivity contribution in [1.82, 2.24) is 14.5 Å². The summed E-state index contributed by atoms with van der Waals surface area (Å²) in [7, 11) is 0. The van der Waals surface area contributed by atoms with Crippen LogP contribution >= 0.6 is 0 Å². The summed E-state index contributed by atoms with van der Waals surface area (Å²) in [6, 6.07) is 21.2. The second-order valence-electron chi connectivity index (χ2n) is 8.40. The number of aromatic nitrogens is 3. The van der Waals surface area contributed by atoms with E-state index in [-0.39, 0.29) is 5.82 Å². The Balaban J connectivity index is 1.66. The van der Waals surface area contributed by atoms with Crippen LogP contribution in [0.25, 0.3) is 33.6 Å². The Morgan fingerprint density at radius 3 is 2.58 bits per heavy atom. The van der Waals surface area contributed by atoms with Crippen molar-refractivity contribution in [3.05, 3.63) is 100 Å². The van der Waals surface area contributed by atoms with Gasteiger partial charge in [0, 0.05) is 27.7 Å². The summed E-state index contributed by atoms with van der Waals surface area (Å²) in [6.45, 7) is 6.53. The van der Waals surface area contributed by atoms with Crippen molar-refractivity contribution in [3.8, 4) is 6.07 Å². The van der Waals surface area contributed by atoms with Crippen molar-refractivity contribution in [3.63, 3.8) is 0 Å². The summed E-state index contributed by atoms with van der Waals surface area (Å²) < 4.78 is 16.5. The van der Waals surface area contributed by atoms with Crippen molar-refractivity contribution in [2.24, 2.45) is 0 Å². The Morgan fingerprint density at radius 1 is 1.06 bits per heavy atom. The molecule has 3 aromatic carbocycles. The number of nitrogens with zero attached hydrogens (tertiary/aromatic N) is 3. The third-order valence-corrected chi connectivity index (χ3v) is 6.33. The first-order chi connectivity index (χ1) is 16.0. The second-order valence-corrected chi connectivity index (χ2v) is 8.40. The van der Waals surface area contributed by atoms with Crippen LogP contribution in [0.3, 0.4) is 0 Å². The minimum atomic E-state index is -0.225. The van der Waals surface area contributed by atoms with Crippen LogP contribution in [0.15, 0.2) is 60.7 Å². The van der Waals surface area contributed by atoms with Gasteiger partial charge in [-0.05, 0) is 62.2 Å². The van der Waals surface area contributed by atoms with Gasteiger partial charge in [-0.2, -0.15) is 5.26 Å². The number of aryl methyl sites for hydroxylation is 2.